The number of hydrogen-bond acceptors (Lipinski definition) is 3. The molecule has 2 rings (SSSR count). The Labute approximate surface area is 142 Å². The summed E-state index contributed by atoms with van der Waals surface area (Å²) in [5, 5.41) is 16.0. The smallest absolute Gasteiger partial charge is 0.319 e. The van der Waals surface area contributed by atoms with E-state index in [-0.39, 0.29) is 24.6 Å². The molecule has 2 unspecified atom stereocenters. The molecule has 2 amide bonds. The SMILES string of the molecule is COCc1c(Cl)cccc1NC(=O)NC1CCCCCC1CO. The average Bonchev–Trinajstić information content (AvgIpc) is 2.75. The fourth-order valence-electron chi connectivity index (χ4n) is 3.09. The van der Waals surface area contributed by atoms with Crippen LogP contribution >= 0.6 is 11.6 Å². The molecular formula is C17H25ClN2O3. The van der Waals surface area contributed by atoms with Crippen LogP contribution in [0.15, 0.2) is 18.2 Å². The summed E-state index contributed by atoms with van der Waals surface area (Å²) in [5.41, 5.74) is 1.40. The lowest BCUT2D eigenvalue weighted by atomic mass is 9.96. The number of carbonyl (C=O) groups excluding carboxylic acids is 1. The molecule has 0 saturated heterocycles. The maximum Gasteiger partial charge on any atom is 0.319 e. The number of halogens is 1. The standard InChI is InChI=1S/C17H25ClN2O3/c1-23-11-13-14(18)7-5-9-16(13)20-17(22)19-15-8-4-2-3-6-12(15)10-21/h5,7,9,12,15,21H,2-4,6,8,10-11H2,1H3,(H2,19,20,22). The minimum atomic E-state index is -0.269. The van der Waals surface area contributed by atoms with Crippen LogP contribution in [0.25, 0.3) is 0 Å². The van der Waals surface area contributed by atoms with Crippen molar-refractivity contribution >= 4 is 23.3 Å². The Hall–Kier alpha value is -1.30. The number of benzene rings is 1. The van der Waals surface area contributed by atoms with E-state index in [1.165, 1.54) is 0 Å². The molecular weight excluding hydrogens is 316 g/mol. The second-order valence-electron chi connectivity index (χ2n) is 5.98. The van der Waals surface area contributed by atoms with Crippen molar-refractivity contribution in [3.63, 3.8) is 0 Å². The molecule has 23 heavy (non-hydrogen) atoms. The second kappa shape index (κ2) is 9.11. The number of aliphatic hydroxyl groups is 1. The first-order valence-electron chi connectivity index (χ1n) is 8.10. The van der Waals surface area contributed by atoms with Crippen LogP contribution in [0.1, 0.15) is 37.7 Å². The van der Waals surface area contributed by atoms with Gasteiger partial charge in [0.1, 0.15) is 0 Å². The third-order valence-corrected chi connectivity index (χ3v) is 4.72. The van der Waals surface area contributed by atoms with Gasteiger partial charge >= 0.3 is 6.03 Å². The molecule has 1 saturated carbocycles. The molecule has 0 aliphatic heterocycles. The normalized spacial score (nSPS) is 21.5. The number of aliphatic hydroxyl groups excluding tert-OH is 1. The van der Waals surface area contributed by atoms with Crippen molar-refractivity contribution in [2.24, 2.45) is 5.92 Å². The van der Waals surface area contributed by atoms with Gasteiger partial charge in [-0.25, -0.2) is 4.79 Å². The van der Waals surface area contributed by atoms with E-state index in [0.717, 1.165) is 37.7 Å². The van der Waals surface area contributed by atoms with Gasteiger partial charge in [-0.05, 0) is 25.0 Å². The summed E-state index contributed by atoms with van der Waals surface area (Å²) in [7, 11) is 1.59. The van der Waals surface area contributed by atoms with Gasteiger partial charge in [0.15, 0.2) is 0 Å². The van der Waals surface area contributed by atoms with Crippen molar-refractivity contribution in [2.75, 3.05) is 19.0 Å². The first-order chi connectivity index (χ1) is 11.2. The molecule has 1 aromatic carbocycles. The van der Waals surface area contributed by atoms with E-state index >= 15 is 0 Å². The topological polar surface area (TPSA) is 70.6 Å². The maximum absolute atomic E-state index is 12.3. The van der Waals surface area contributed by atoms with Crippen molar-refractivity contribution in [2.45, 2.75) is 44.8 Å². The highest BCUT2D eigenvalue weighted by atomic mass is 35.5. The predicted molar refractivity (Wildman–Crippen MR) is 91.8 cm³/mol. The van der Waals surface area contributed by atoms with Gasteiger partial charge in [-0.1, -0.05) is 36.9 Å². The summed E-state index contributed by atoms with van der Waals surface area (Å²) < 4.78 is 5.14. The van der Waals surface area contributed by atoms with Crippen LogP contribution in [0.3, 0.4) is 0 Å². The van der Waals surface area contributed by atoms with E-state index in [1.54, 1.807) is 25.3 Å². The van der Waals surface area contributed by atoms with Gasteiger partial charge in [-0.3, -0.25) is 0 Å². The van der Waals surface area contributed by atoms with Gasteiger partial charge in [-0.15, -0.1) is 0 Å². The third kappa shape index (κ3) is 5.09. The second-order valence-corrected chi connectivity index (χ2v) is 6.39. The molecule has 128 valence electrons. The summed E-state index contributed by atoms with van der Waals surface area (Å²) in [4.78, 5) is 12.3. The zero-order chi connectivity index (χ0) is 16.7. The Balaban J connectivity index is 2.02. The summed E-state index contributed by atoms with van der Waals surface area (Å²) in [6, 6.07) is 5.10. The zero-order valence-electron chi connectivity index (χ0n) is 13.5. The molecule has 5 nitrogen and oxygen atoms in total. The van der Waals surface area contributed by atoms with Gasteiger partial charge in [0, 0.05) is 41.9 Å². The maximum atomic E-state index is 12.3. The Morgan fingerprint density at radius 3 is 2.87 bits per heavy atom. The average molecular weight is 341 g/mol. The van der Waals surface area contributed by atoms with E-state index in [0.29, 0.717) is 17.3 Å². The monoisotopic (exact) mass is 340 g/mol. The van der Waals surface area contributed by atoms with E-state index < -0.39 is 0 Å². The lowest BCUT2D eigenvalue weighted by Crippen LogP contribution is -2.43. The quantitative estimate of drug-likeness (QED) is 0.718. The molecule has 1 aliphatic carbocycles. The fraction of sp³-hybridized carbons (Fsp3) is 0.588. The number of rotatable bonds is 5. The van der Waals surface area contributed by atoms with Gasteiger partial charge < -0.3 is 20.5 Å². The molecule has 6 heteroatoms. The Morgan fingerprint density at radius 1 is 1.35 bits per heavy atom. The van der Waals surface area contributed by atoms with Crippen molar-refractivity contribution in [3.05, 3.63) is 28.8 Å². The molecule has 1 aromatic rings. The van der Waals surface area contributed by atoms with E-state index in [9.17, 15) is 9.90 Å². The summed E-state index contributed by atoms with van der Waals surface area (Å²) in [5.74, 6) is 0.126. The number of anilines is 1. The minimum absolute atomic E-state index is 0.00700. The van der Waals surface area contributed by atoms with Crippen LogP contribution in [0.2, 0.25) is 5.02 Å². The zero-order valence-corrected chi connectivity index (χ0v) is 14.2. The molecule has 2 atom stereocenters. The number of amides is 2. The van der Waals surface area contributed by atoms with Crippen LogP contribution < -0.4 is 10.6 Å². The largest absolute Gasteiger partial charge is 0.396 e. The molecule has 0 radical (unpaired) electrons. The minimum Gasteiger partial charge on any atom is -0.396 e. The lowest BCUT2D eigenvalue weighted by molar-refractivity contribution is 0.181. The highest BCUT2D eigenvalue weighted by Crippen LogP contribution is 2.26. The van der Waals surface area contributed by atoms with Crippen molar-refractivity contribution in [1.29, 1.82) is 0 Å². The number of nitrogens with one attached hydrogen (secondary N) is 2. The van der Waals surface area contributed by atoms with E-state index in [1.807, 2.05) is 0 Å². The third-order valence-electron chi connectivity index (χ3n) is 4.37. The number of ether oxygens (including phenoxy) is 1. The van der Waals surface area contributed by atoms with E-state index in [4.69, 9.17) is 16.3 Å². The first kappa shape index (κ1) is 18.0. The Morgan fingerprint density at radius 2 is 2.13 bits per heavy atom. The van der Waals surface area contributed by atoms with E-state index in [2.05, 4.69) is 10.6 Å². The highest BCUT2D eigenvalue weighted by molar-refractivity contribution is 6.31. The summed E-state index contributed by atoms with van der Waals surface area (Å²) in [6.45, 7) is 0.440. The molecule has 0 heterocycles. The Kier molecular flexibility index (Phi) is 7.15. The molecule has 1 aliphatic rings. The van der Waals surface area contributed by atoms with Crippen molar-refractivity contribution < 1.29 is 14.6 Å². The number of hydrogen-bond donors (Lipinski definition) is 3. The first-order valence-corrected chi connectivity index (χ1v) is 8.48. The van der Waals surface area contributed by atoms with Gasteiger partial charge in [-0.2, -0.15) is 0 Å². The van der Waals surface area contributed by atoms with Crippen LogP contribution in [0.4, 0.5) is 10.5 Å². The molecule has 3 N–H and O–H groups in total. The molecule has 0 spiro atoms. The molecule has 1 fully saturated rings. The van der Waals surface area contributed by atoms with Crippen LogP contribution in [0.5, 0.6) is 0 Å². The van der Waals surface area contributed by atoms with Gasteiger partial charge in [0.2, 0.25) is 0 Å². The predicted octanol–water partition coefficient (Wildman–Crippen LogP) is 3.55. The van der Waals surface area contributed by atoms with Crippen LogP contribution in [-0.2, 0) is 11.3 Å². The Bertz CT molecular complexity index is 525. The van der Waals surface area contributed by atoms with Gasteiger partial charge in [0.25, 0.3) is 0 Å². The fourth-order valence-corrected chi connectivity index (χ4v) is 3.32. The number of methoxy groups -OCH3 is 1. The number of urea groups is 1. The lowest BCUT2D eigenvalue weighted by Gasteiger charge is -2.25. The highest BCUT2D eigenvalue weighted by Gasteiger charge is 2.24. The van der Waals surface area contributed by atoms with Crippen molar-refractivity contribution in [1.82, 2.24) is 5.32 Å². The molecule has 0 bridgehead atoms. The number of carbonyl (C=O) groups is 1. The van der Waals surface area contributed by atoms with Crippen LogP contribution in [0, 0.1) is 5.92 Å². The van der Waals surface area contributed by atoms with Crippen molar-refractivity contribution in [3.8, 4) is 0 Å². The molecule has 0 aromatic heterocycles. The van der Waals surface area contributed by atoms with Crippen LogP contribution in [-0.4, -0.2) is 30.9 Å². The summed E-state index contributed by atoms with van der Waals surface area (Å²) >= 11 is 6.17. The van der Waals surface area contributed by atoms with Gasteiger partial charge in [0.05, 0.1) is 6.61 Å². The summed E-state index contributed by atoms with van der Waals surface area (Å²) in [6.07, 6.45) is 5.19.